The van der Waals surface area contributed by atoms with Gasteiger partial charge in [-0.25, -0.2) is 0 Å². The smallest absolute Gasteiger partial charge is 0.270 e. The van der Waals surface area contributed by atoms with Gasteiger partial charge in [0.15, 0.2) is 0 Å². The van der Waals surface area contributed by atoms with E-state index in [2.05, 4.69) is 19.2 Å². The molecule has 1 aromatic rings. The van der Waals surface area contributed by atoms with E-state index in [1.165, 1.54) is 18.2 Å². The van der Waals surface area contributed by atoms with Crippen LogP contribution >= 0.6 is 12.6 Å². The second-order valence-electron chi connectivity index (χ2n) is 4.06. The van der Waals surface area contributed by atoms with Gasteiger partial charge in [-0.05, 0) is 11.6 Å². The summed E-state index contributed by atoms with van der Waals surface area (Å²) in [6.45, 7) is 3.69. The number of carbonyl (C=O) groups is 2. The van der Waals surface area contributed by atoms with Crippen molar-refractivity contribution in [3.8, 4) is 0 Å². The lowest BCUT2D eigenvalue weighted by Gasteiger charge is -2.14. The van der Waals surface area contributed by atoms with E-state index in [-0.39, 0.29) is 23.4 Å². The van der Waals surface area contributed by atoms with Crippen LogP contribution in [0.25, 0.3) is 0 Å². The summed E-state index contributed by atoms with van der Waals surface area (Å²) >= 11 is 4.00. The number of fused-ring (bicyclic) bond motifs is 1. The number of benzene rings is 1. The Bertz CT molecular complexity index is 612. The maximum Gasteiger partial charge on any atom is 0.282 e. The van der Waals surface area contributed by atoms with Crippen LogP contribution in [0, 0.1) is 10.1 Å². The number of rotatable bonds is 4. The predicted molar refractivity (Wildman–Crippen MR) is 71.5 cm³/mol. The standard InChI is InChI=1S/C12H10N2O4S/c1-7(6-19)5-13-11(15)8-3-2-4-9(14(17)18)10(8)12(13)16/h2-4,19H,1,5-6H2. The van der Waals surface area contributed by atoms with Gasteiger partial charge in [0.2, 0.25) is 0 Å². The second kappa shape index (κ2) is 4.85. The zero-order valence-corrected chi connectivity index (χ0v) is 10.7. The van der Waals surface area contributed by atoms with Gasteiger partial charge in [0.1, 0.15) is 5.56 Å². The molecule has 98 valence electrons. The van der Waals surface area contributed by atoms with Crippen LogP contribution < -0.4 is 0 Å². The van der Waals surface area contributed by atoms with Gasteiger partial charge in [0.05, 0.1) is 17.0 Å². The first-order valence-electron chi connectivity index (χ1n) is 5.38. The van der Waals surface area contributed by atoms with Crippen LogP contribution in [0.3, 0.4) is 0 Å². The van der Waals surface area contributed by atoms with Gasteiger partial charge in [0, 0.05) is 11.8 Å². The summed E-state index contributed by atoms with van der Waals surface area (Å²) in [5, 5.41) is 10.9. The first-order valence-corrected chi connectivity index (χ1v) is 6.01. The SMILES string of the molecule is C=C(CS)CN1C(=O)c2cccc([N+](=O)[O-])c2C1=O. The molecule has 1 aromatic carbocycles. The molecule has 6 nitrogen and oxygen atoms in total. The highest BCUT2D eigenvalue weighted by Gasteiger charge is 2.40. The Morgan fingerprint density at radius 2 is 2.05 bits per heavy atom. The molecule has 0 aromatic heterocycles. The second-order valence-corrected chi connectivity index (χ2v) is 4.38. The van der Waals surface area contributed by atoms with Crippen LogP contribution in [-0.2, 0) is 0 Å². The summed E-state index contributed by atoms with van der Waals surface area (Å²) in [5.41, 5.74) is 0.144. The third-order valence-electron chi connectivity index (χ3n) is 2.78. The average Bonchev–Trinajstić information content (AvgIpc) is 2.63. The molecule has 0 saturated heterocycles. The van der Waals surface area contributed by atoms with E-state index in [1.54, 1.807) is 0 Å². The van der Waals surface area contributed by atoms with Crippen LogP contribution in [-0.4, -0.2) is 33.9 Å². The van der Waals surface area contributed by atoms with Crippen molar-refractivity contribution in [2.75, 3.05) is 12.3 Å². The molecule has 0 N–H and O–H groups in total. The van der Waals surface area contributed by atoms with Crippen LogP contribution in [0.5, 0.6) is 0 Å². The maximum atomic E-state index is 12.1. The number of hydrogen-bond acceptors (Lipinski definition) is 5. The molecular formula is C12H10N2O4S. The fourth-order valence-corrected chi connectivity index (χ4v) is 1.99. The van der Waals surface area contributed by atoms with Gasteiger partial charge in [-0.1, -0.05) is 12.6 Å². The van der Waals surface area contributed by atoms with E-state index in [9.17, 15) is 19.7 Å². The third-order valence-corrected chi connectivity index (χ3v) is 3.23. The Morgan fingerprint density at radius 3 is 2.63 bits per heavy atom. The highest BCUT2D eigenvalue weighted by molar-refractivity contribution is 7.80. The third kappa shape index (κ3) is 2.12. The summed E-state index contributed by atoms with van der Waals surface area (Å²) in [4.78, 5) is 35.3. The van der Waals surface area contributed by atoms with Gasteiger partial charge in [0.25, 0.3) is 17.5 Å². The quantitative estimate of drug-likeness (QED) is 0.299. The molecular weight excluding hydrogens is 268 g/mol. The minimum Gasteiger partial charge on any atom is -0.270 e. The van der Waals surface area contributed by atoms with E-state index in [1.807, 2.05) is 0 Å². The number of amides is 2. The molecule has 2 rings (SSSR count). The molecule has 0 spiro atoms. The van der Waals surface area contributed by atoms with E-state index in [0.717, 1.165) is 4.90 Å². The lowest BCUT2D eigenvalue weighted by Crippen LogP contribution is -2.31. The van der Waals surface area contributed by atoms with Crippen molar-refractivity contribution >= 4 is 30.1 Å². The van der Waals surface area contributed by atoms with Gasteiger partial charge in [-0.2, -0.15) is 12.6 Å². The minimum atomic E-state index is -0.666. The zero-order valence-electron chi connectivity index (χ0n) is 9.83. The molecule has 0 radical (unpaired) electrons. The molecule has 2 amide bonds. The van der Waals surface area contributed by atoms with Crippen LogP contribution in [0.2, 0.25) is 0 Å². The Balaban J connectivity index is 2.47. The average molecular weight is 278 g/mol. The molecule has 0 unspecified atom stereocenters. The molecule has 7 heteroatoms. The summed E-state index contributed by atoms with van der Waals surface area (Å²) in [6, 6.07) is 4.01. The molecule has 0 aliphatic carbocycles. The molecule has 0 bridgehead atoms. The predicted octanol–water partition coefficient (Wildman–Crippen LogP) is 1.68. The van der Waals surface area contributed by atoms with E-state index < -0.39 is 16.7 Å². The van der Waals surface area contributed by atoms with E-state index in [0.29, 0.717) is 11.3 Å². The van der Waals surface area contributed by atoms with Crippen molar-refractivity contribution in [3.05, 3.63) is 51.6 Å². The van der Waals surface area contributed by atoms with Gasteiger partial charge in [-0.3, -0.25) is 24.6 Å². The number of nitro benzene ring substituents is 1. The number of nitro groups is 1. The van der Waals surface area contributed by atoms with Crippen molar-refractivity contribution in [3.63, 3.8) is 0 Å². The topological polar surface area (TPSA) is 80.5 Å². The fourth-order valence-electron chi connectivity index (χ4n) is 1.89. The Labute approximate surface area is 114 Å². The number of nitrogens with zero attached hydrogens (tertiary/aromatic N) is 2. The molecule has 0 saturated carbocycles. The number of imide groups is 1. The van der Waals surface area contributed by atoms with Gasteiger partial charge >= 0.3 is 0 Å². The van der Waals surface area contributed by atoms with Crippen molar-refractivity contribution in [1.29, 1.82) is 0 Å². The Kier molecular flexibility index (Phi) is 3.39. The van der Waals surface area contributed by atoms with Crippen molar-refractivity contribution in [2.45, 2.75) is 0 Å². The van der Waals surface area contributed by atoms with Crippen LogP contribution in [0.15, 0.2) is 30.4 Å². The largest absolute Gasteiger partial charge is 0.282 e. The molecule has 1 aliphatic heterocycles. The summed E-state index contributed by atoms with van der Waals surface area (Å²) in [7, 11) is 0. The monoisotopic (exact) mass is 278 g/mol. The first kappa shape index (κ1) is 13.3. The molecule has 1 heterocycles. The van der Waals surface area contributed by atoms with Crippen molar-refractivity contribution in [1.82, 2.24) is 4.90 Å². The van der Waals surface area contributed by atoms with E-state index >= 15 is 0 Å². The van der Waals surface area contributed by atoms with Crippen LogP contribution in [0.4, 0.5) is 5.69 Å². The zero-order chi connectivity index (χ0) is 14.2. The maximum absolute atomic E-state index is 12.1. The first-order chi connectivity index (χ1) is 8.97. The normalized spacial score (nSPS) is 13.6. The van der Waals surface area contributed by atoms with Gasteiger partial charge in [-0.15, -0.1) is 0 Å². The van der Waals surface area contributed by atoms with E-state index in [4.69, 9.17) is 0 Å². The fraction of sp³-hybridized carbons (Fsp3) is 0.167. The van der Waals surface area contributed by atoms with Crippen molar-refractivity contribution < 1.29 is 14.5 Å². The molecule has 0 fully saturated rings. The molecule has 1 aliphatic rings. The molecule has 0 atom stereocenters. The molecule has 19 heavy (non-hydrogen) atoms. The number of carbonyl (C=O) groups excluding carboxylic acids is 2. The van der Waals surface area contributed by atoms with Crippen LogP contribution in [0.1, 0.15) is 20.7 Å². The Hall–Kier alpha value is -2.15. The summed E-state index contributed by atoms with van der Waals surface area (Å²) in [5.74, 6) is -0.864. The van der Waals surface area contributed by atoms with Gasteiger partial charge < -0.3 is 0 Å². The lowest BCUT2D eigenvalue weighted by atomic mass is 10.1. The lowest BCUT2D eigenvalue weighted by molar-refractivity contribution is -0.385. The highest BCUT2D eigenvalue weighted by atomic mass is 32.1. The number of thiol groups is 1. The minimum absolute atomic E-state index is 0.0208. The Morgan fingerprint density at radius 1 is 1.37 bits per heavy atom. The highest BCUT2D eigenvalue weighted by Crippen LogP contribution is 2.30. The summed E-state index contributed by atoms with van der Waals surface area (Å²) < 4.78 is 0. The van der Waals surface area contributed by atoms with Crippen molar-refractivity contribution in [2.24, 2.45) is 0 Å². The summed E-state index contributed by atoms with van der Waals surface area (Å²) in [6.07, 6.45) is 0. The number of hydrogen-bond donors (Lipinski definition) is 1.